The topological polar surface area (TPSA) is 301 Å². The minimum atomic E-state index is -1.93. The molecule has 0 aromatic rings. The van der Waals surface area contributed by atoms with E-state index in [1.807, 2.05) is 13.8 Å². The summed E-state index contributed by atoms with van der Waals surface area (Å²) in [5.41, 5.74) is -2.26. The molecule has 8 rings (SSSR count). The summed E-state index contributed by atoms with van der Waals surface area (Å²) in [4.78, 5) is 29.1. The van der Waals surface area contributed by atoms with Crippen LogP contribution in [0.4, 0.5) is 0 Å². The van der Waals surface area contributed by atoms with Gasteiger partial charge in [-0.15, -0.1) is 0 Å². The Kier molecular flexibility index (Phi) is 14.2. The van der Waals surface area contributed by atoms with Gasteiger partial charge < -0.3 is 84.2 Å². The van der Waals surface area contributed by atoms with E-state index in [4.69, 9.17) is 33.2 Å². The molecule has 0 radical (unpaired) electrons. The Morgan fingerprint density at radius 2 is 1.37 bits per heavy atom. The summed E-state index contributed by atoms with van der Waals surface area (Å²) in [6.07, 6.45) is -18.9. The average Bonchev–Trinajstić information content (AvgIpc) is 3.28. The van der Waals surface area contributed by atoms with Crippen LogP contribution in [0.25, 0.3) is 0 Å². The second-order valence-electron chi connectivity index (χ2n) is 23.7. The molecule has 0 bridgehead atoms. The van der Waals surface area contributed by atoms with Crippen molar-refractivity contribution in [1.82, 2.24) is 0 Å². The number of fused-ring (bicyclic) bond motifs is 7. The van der Waals surface area contributed by atoms with E-state index in [0.29, 0.717) is 25.7 Å². The lowest BCUT2D eigenvalue weighted by molar-refractivity contribution is -0.361. The molecule has 3 saturated heterocycles. The zero-order chi connectivity index (χ0) is 50.0. The Morgan fingerprint density at radius 1 is 0.735 bits per heavy atom. The SMILES string of the molecule is CO[C@@H]1C=C2[C@@H]3CC(C)(C)C(=O)C[C@]3(C(=O)O[C@@H]3O[C@H](CO[C@@H]4O[C@H](CO)[C@@H](O[C@@H]5O[C@@H](C)[C@H](O)[C@@H](O)[C@H]5O)[C@H](O)[C@H]4O)[C@@H](O)[C@H](O)[C@H]3O)CC[C@@]2(C)[C@]2(C)CC[C@@H]3C(C)(C)[C@H](O)CC[C@]3(C)[C@@H]12. The summed E-state index contributed by atoms with van der Waals surface area (Å²) < 4.78 is 41.1. The molecule has 10 N–H and O–H groups in total. The molecule has 0 aromatic carbocycles. The molecule has 8 aliphatic rings. The number of aliphatic hydroxyl groups excluding tert-OH is 10. The number of carbonyl (C=O) groups excluding carboxylic acids is 2. The highest BCUT2D eigenvalue weighted by atomic mass is 16.8. The van der Waals surface area contributed by atoms with E-state index >= 15 is 4.79 Å². The standard InChI is InChI=1S/C49H78O19/c1-21-30(53)32(55)35(58)41(64-21)67-38-25(19-50)65-40(37(60)34(38)57)63-20-26-31(54)33(56)36(59)42(66-26)68-43(61)49-15-14-47(7)22(23(49)17-44(2,3)29(52)18-49)16-24(62-9)39-46(6)12-11-28(51)45(4,5)27(46)10-13-48(39,47)8/h16,21,23-28,30-42,50-51,53-60H,10-15,17-20H2,1-9H3/t21-,23-,24+,25+,26+,27+,28+,30-,31+,32+,33-,34+,35+,36+,37+,38+,39+,40+,41-,42-,46-,47+,48+,49+/m0/s1. The largest absolute Gasteiger partial charge is 0.432 e. The van der Waals surface area contributed by atoms with Gasteiger partial charge in [-0.25, -0.2) is 0 Å². The zero-order valence-electron chi connectivity index (χ0n) is 40.8. The van der Waals surface area contributed by atoms with Gasteiger partial charge in [-0.3, -0.25) is 9.59 Å². The molecule has 68 heavy (non-hydrogen) atoms. The highest BCUT2D eigenvalue weighted by Crippen LogP contribution is 2.76. The highest BCUT2D eigenvalue weighted by molar-refractivity contribution is 5.92. The van der Waals surface area contributed by atoms with Crippen molar-refractivity contribution >= 4 is 11.8 Å². The molecule has 3 aliphatic heterocycles. The van der Waals surface area contributed by atoms with Gasteiger partial charge in [-0.2, -0.15) is 0 Å². The summed E-state index contributed by atoms with van der Waals surface area (Å²) >= 11 is 0. The summed E-state index contributed by atoms with van der Waals surface area (Å²) in [6, 6.07) is 0. The van der Waals surface area contributed by atoms with Crippen LogP contribution in [0.1, 0.15) is 107 Å². The Hall–Kier alpha value is -1.76. The third-order valence-corrected chi connectivity index (χ3v) is 19.4. The summed E-state index contributed by atoms with van der Waals surface area (Å²) in [6.45, 7) is 15.2. The number of hydrogen-bond acceptors (Lipinski definition) is 19. The number of ether oxygens (including phenoxy) is 7. The van der Waals surface area contributed by atoms with Crippen molar-refractivity contribution in [3.63, 3.8) is 0 Å². The number of Topliss-reactive ketones (excluding diaryl/α,β-unsaturated/α-hetero) is 1. The summed E-state index contributed by atoms with van der Waals surface area (Å²) in [5.74, 6) is -1.03. The predicted octanol–water partition coefficient (Wildman–Crippen LogP) is -0.0280. The Bertz CT molecular complexity index is 1910. The highest BCUT2D eigenvalue weighted by Gasteiger charge is 2.72. The van der Waals surface area contributed by atoms with Crippen LogP contribution in [0.5, 0.6) is 0 Å². The molecule has 3 heterocycles. The van der Waals surface area contributed by atoms with Crippen LogP contribution in [0.3, 0.4) is 0 Å². The van der Waals surface area contributed by atoms with Crippen LogP contribution in [-0.4, -0.2) is 187 Å². The third kappa shape index (κ3) is 8.00. The Labute approximate surface area is 398 Å². The fourth-order valence-corrected chi connectivity index (χ4v) is 14.9. The van der Waals surface area contributed by atoms with Gasteiger partial charge in [-0.1, -0.05) is 60.1 Å². The Balaban J connectivity index is 1.01. The monoisotopic (exact) mass is 971 g/mol. The van der Waals surface area contributed by atoms with Crippen LogP contribution < -0.4 is 0 Å². The number of hydrogen-bond donors (Lipinski definition) is 10. The first-order chi connectivity index (χ1) is 31.6. The van der Waals surface area contributed by atoms with Gasteiger partial charge >= 0.3 is 5.97 Å². The van der Waals surface area contributed by atoms with Crippen LogP contribution in [0.15, 0.2) is 11.6 Å². The van der Waals surface area contributed by atoms with E-state index in [0.717, 1.165) is 24.8 Å². The lowest BCUT2D eigenvalue weighted by Gasteiger charge is -2.72. The van der Waals surface area contributed by atoms with Gasteiger partial charge in [0.05, 0.1) is 36.9 Å². The van der Waals surface area contributed by atoms with Crippen LogP contribution in [0, 0.1) is 50.2 Å². The van der Waals surface area contributed by atoms with Gasteiger partial charge in [0.2, 0.25) is 6.29 Å². The first kappa shape index (κ1) is 52.6. The van der Waals surface area contributed by atoms with Crippen LogP contribution in [0.2, 0.25) is 0 Å². The fourth-order valence-electron chi connectivity index (χ4n) is 14.9. The number of methoxy groups -OCH3 is 1. The van der Waals surface area contributed by atoms with Gasteiger partial charge in [0.1, 0.15) is 72.9 Å². The molecule has 24 atom stereocenters. The lowest BCUT2D eigenvalue weighted by atomic mass is 9.33. The van der Waals surface area contributed by atoms with Crippen molar-refractivity contribution in [3.05, 3.63) is 11.6 Å². The van der Waals surface area contributed by atoms with Crippen LogP contribution >= 0.6 is 0 Å². The number of aliphatic hydroxyl groups is 10. The molecule has 0 unspecified atom stereocenters. The van der Waals surface area contributed by atoms with Crippen molar-refractivity contribution in [2.24, 2.45) is 50.2 Å². The molecular weight excluding hydrogens is 893 g/mol. The first-order valence-corrected chi connectivity index (χ1v) is 24.6. The second kappa shape index (κ2) is 18.3. The molecule has 19 nitrogen and oxygen atoms in total. The molecule has 0 spiro atoms. The molecular formula is C49H78O19. The maximum Gasteiger partial charge on any atom is 0.315 e. The van der Waals surface area contributed by atoms with Crippen molar-refractivity contribution in [3.8, 4) is 0 Å². The number of allylic oxidation sites excluding steroid dienone is 1. The van der Waals surface area contributed by atoms with E-state index < -0.39 is 140 Å². The van der Waals surface area contributed by atoms with Gasteiger partial charge in [0.25, 0.3) is 0 Å². The Morgan fingerprint density at radius 3 is 2.03 bits per heavy atom. The molecule has 5 aliphatic carbocycles. The number of rotatable bonds is 9. The number of esters is 1. The van der Waals surface area contributed by atoms with Crippen molar-refractivity contribution in [2.75, 3.05) is 20.3 Å². The van der Waals surface area contributed by atoms with E-state index in [1.165, 1.54) is 6.92 Å². The molecule has 7 fully saturated rings. The molecule has 0 aromatic heterocycles. The van der Waals surface area contributed by atoms with E-state index in [9.17, 15) is 55.9 Å². The van der Waals surface area contributed by atoms with Crippen molar-refractivity contribution in [2.45, 2.75) is 211 Å². The normalized spacial score (nSPS) is 53.2. The summed E-state index contributed by atoms with van der Waals surface area (Å²) in [5, 5.41) is 108. The van der Waals surface area contributed by atoms with Gasteiger partial charge in [0, 0.05) is 24.9 Å². The smallest absolute Gasteiger partial charge is 0.315 e. The van der Waals surface area contributed by atoms with E-state index in [-0.39, 0.29) is 46.4 Å². The van der Waals surface area contributed by atoms with Crippen molar-refractivity contribution < 1.29 is 93.8 Å². The van der Waals surface area contributed by atoms with Gasteiger partial charge in [-0.05, 0) is 85.4 Å². The lowest BCUT2D eigenvalue weighted by Crippen LogP contribution is -2.68. The fraction of sp³-hybridized carbons (Fsp3) is 0.918. The molecule has 4 saturated carbocycles. The first-order valence-electron chi connectivity index (χ1n) is 24.6. The molecule has 0 amide bonds. The average molecular weight is 971 g/mol. The second-order valence-corrected chi connectivity index (χ2v) is 23.7. The maximum atomic E-state index is 15.1. The maximum absolute atomic E-state index is 15.1. The van der Waals surface area contributed by atoms with Gasteiger partial charge in [0.15, 0.2) is 12.6 Å². The third-order valence-electron chi connectivity index (χ3n) is 19.4. The number of ketones is 1. The minimum absolute atomic E-state index is 0.0995. The minimum Gasteiger partial charge on any atom is -0.432 e. The quantitative estimate of drug-likeness (QED) is 0.107. The molecule has 388 valence electrons. The molecule has 19 heteroatoms. The van der Waals surface area contributed by atoms with E-state index in [1.54, 1.807) is 7.11 Å². The predicted molar refractivity (Wildman–Crippen MR) is 235 cm³/mol. The number of carbonyl (C=O) groups is 2. The van der Waals surface area contributed by atoms with Crippen molar-refractivity contribution in [1.29, 1.82) is 0 Å². The zero-order valence-corrected chi connectivity index (χ0v) is 40.8. The van der Waals surface area contributed by atoms with E-state index in [2.05, 4.69) is 40.7 Å². The summed E-state index contributed by atoms with van der Waals surface area (Å²) in [7, 11) is 1.72. The van der Waals surface area contributed by atoms with Crippen LogP contribution in [-0.2, 0) is 42.7 Å².